The number of aryl methyl sites for hydroxylation is 3. The minimum Gasteiger partial charge on any atom is -0.465 e. The molecule has 8 heteroatoms. The summed E-state index contributed by atoms with van der Waals surface area (Å²) in [5, 5.41) is 6.18. The monoisotopic (exact) mass is 442 g/mol. The van der Waals surface area contributed by atoms with E-state index < -0.39 is 33.8 Å². The van der Waals surface area contributed by atoms with Gasteiger partial charge >= 0.3 is 12.0 Å². The van der Waals surface area contributed by atoms with Crippen LogP contribution in [0, 0.1) is 26.7 Å². The van der Waals surface area contributed by atoms with E-state index in [0.29, 0.717) is 5.56 Å². The smallest absolute Gasteiger partial charge is 0.319 e. The molecule has 1 aliphatic rings. The molecule has 2 aromatic rings. The Balaban J connectivity index is 2.10. The van der Waals surface area contributed by atoms with Crippen molar-refractivity contribution >= 4 is 21.8 Å². The first-order valence-electron chi connectivity index (χ1n) is 9.97. The Kier molecular flexibility index (Phi) is 6.50. The first-order chi connectivity index (χ1) is 14.6. The van der Waals surface area contributed by atoms with Crippen LogP contribution in [-0.2, 0) is 19.4 Å². The Morgan fingerprint density at radius 2 is 1.74 bits per heavy atom. The molecule has 0 aromatic heterocycles. The Morgan fingerprint density at radius 3 is 2.35 bits per heavy atom. The maximum Gasteiger partial charge on any atom is 0.319 e. The van der Waals surface area contributed by atoms with Crippen molar-refractivity contribution in [1.82, 2.24) is 10.6 Å². The van der Waals surface area contributed by atoms with E-state index in [0.717, 1.165) is 22.1 Å². The van der Waals surface area contributed by atoms with Crippen LogP contribution in [0.15, 0.2) is 58.5 Å². The van der Waals surface area contributed by atoms with Crippen molar-refractivity contribution in [2.24, 2.45) is 5.92 Å². The van der Waals surface area contributed by atoms with Gasteiger partial charge in [-0.1, -0.05) is 35.9 Å². The zero-order valence-electron chi connectivity index (χ0n) is 17.9. The molecular formula is C23H26N2O5S. The van der Waals surface area contributed by atoms with Gasteiger partial charge in [0.15, 0.2) is 0 Å². The lowest BCUT2D eigenvalue weighted by Gasteiger charge is -2.33. The first kappa shape index (κ1) is 22.6. The maximum absolute atomic E-state index is 13.1. The highest BCUT2D eigenvalue weighted by Crippen LogP contribution is 2.32. The summed E-state index contributed by atoms with van der Waals surface area (Å²) in [6, 6.07) is 10.8. The number of nitrogens with one attached hydrogen (secondary N) is 2. The van der Waals surface area contributed by atoms with Gasteiger partial charge < -0.3 is 15.4 Å². The molecule has 1 heterocycles. The predicted molar refractivity (Wildman–Crippen MR) is 117 cm³/mol. The number of hydrogen-bond donors (Lipinski definition) is 2. The molecule has 1 aliphatic heterocycles. The van der Waals surface area contributed by atoms with Crippen molar-refractivity contribution in [2.45, 2.75) is 38.6 Å². The van der Waals surface area contributed by atoms with Gasteiger partial charge in [0.25, 0.3) is 0 Å². The molecule has 3 rings (SSSR count). The van der Waals surface area contributed by atoms with Crippen LogP contribution in [0.5, 0.6) is 0 Å². The summed E-state index contributed by atoms with van der Waals surface area (Å²) in [5.74, 6) is -1.66. The van der Waals surface area contributed by atoms with Crippen molar-refractivity contribution in [1.29, 1.82) is 0 Å². The lowest BCUT2D eigenvalue weighted by Crippen LogP contribution is -2.51. The van der Waals surface area contributed by atoms with Gasteiger partial charge in [-0.05, 0) is 56.5 Å². The van der Waals surface area contributed by atoms with Gasteiger partial charge in [-0.3, -0.25) is 4.79 Å². The molecule has 0 bridgehead atoms. The average molecular weight is 443 g/mol. The summed E-state index contributed by atoms with van der Waals surface area (Å²) in [6.07, 6.45) is 0. The molecule has 0 aliphatic carbocycles. The fraction of sp³-hybridized carbons (Fsp3) is 0.304. The van der Waals surface area contributed by atoms with Gasteiger partial charge in [-0.2, -0.15) is 0 Å². The van der Waals surface area contributed by atoms with Crippen LogP contribution in [0.1, 0.15) is 35.2 Å². The number of hydrogen-bond acceptors (Lipinski definition) is 5. The summed E-state index contributed by atoms with van der Waals surface area (Å²) in [4.78, 5) is 25.3. The van der Waals surface area contributed by atoms with Crippen LogP contribution >= 0.6 is 0 Å². The van der Waals surface area contributed by atoms with Crippen LogP contribution in [-0.4, -0.2) is 27.0 Å². The topological polar surface area (TPSA) is 102 Å². The van der Waals surface area contributed by atoms with Gasteiger partial charge in [0, 0.05) is 5.70 Å². The number of sulfone groups is 1. The van der Waals surface area contributed by atoms with Gasteiger partial charge in [0.2, 0.25) is 9.84 Å². The third-order valence-electron chi connectivity index (χ3n) is 5.28. The van der Waals surface area contributed by atoms with Crippen molar-refractivity contribution in [3.63, 3.8) is 0 Å². The molecule has 2 N–H and O–H groups in total. The van der Waals surface area contributed by atoms with E-state index in [1.807, 2.05) is 32.9 Å². The van der Waals surface area contributed by atoms with E-state index in [-0.39, 0.29) is 17.2 Å². The van der Waals surface area contributed by atoms with Crippen LogP contribution in [0.2, 0.25) is 0 Å². The molecule has 0 radical (unpaired) electrons. The van der Waals surface area contributed by atoms with Gasteiger partial charge in [0.1, 0.15) is 5.92 Å². The van der Waals surface area contributed by atoms with E-state index in [4.69, 9.17) is 4.74 Å². The molecule has 0 saturated carbocycles. The fourth-order valence-electron chi connectivity index (χ4n) is 3.42. The van der Waals surface area contributed by atoms with Gasteiger partial charge in [-0.25, -0.2) is 13.2 Å². The number of carbonyl (C=O) groups excluding carboxylic acids is 2. The Bertz CT molecular complexity index is 1140. The number of benzene rings is 2. The summed E-state index contributed by atoms with van der Waals surface area (Å²) < 4.78 is 31.4. The summed E-state index contributed by atoms with van der Waals surface area (Å²) >= 11 is 0. The number of carbonyl (C=O) groups is 2. The second-order valence-electron chi connectivity index (χ2n) is 7.58. The highest BCUT2D eigenvalue weighted by atomic mass is 32.2. The largest absolute Gasteiger partial charge is 0.465 e. The second kappa shape index (κ2) is 8.93. The van der Waals surface area contributed by atoms with Crippen molar-refractivity contribution < 1.29 is 22.7 Å². The zero-order chi connectivity index (χ0) is 22.8. The van der Waals surface area contributed by atoms with E-state index in [2.05, 4.69) is 10.6 Å². The Hall–Kier alpha value is -3.13. The van der Waals surface area contributed by atoms with E-state index in [1.165, 1.54) is 6.07 Å². The third kappa shape index (κ3) is 4.96. The molecular weight excluding hydrogens is 416 g/mol. The second-order valence-corrected chi connectivity index (χ2v) is 9.38. The SMILES string of the molecule is CCOC(=O)[C@@H]1/C(=C\S(=O)(=O)c2ccc(C)c(C)c2)NC(=O)N[C@@H]1c1ccc(C)cc1. The average Bonchev–Trinajstić information content (AvgIpc) is 2.70. The van der Waals surface area contributed by atoms with E-state index in [1.54, 1.807) is 31.2 Å². The zero-order valence-corrected chi connectivity index (χ0v) is 18.7. The molecule has 1 saturated heterocycles. The summed E-state index contributed by atoms with van der Waals surface area (Å²) in [6.45, 7) is 7.43. The number of amides is 2. The fourth-order valence-corrected chi connectivity index (χ4v) is 4.70. The lowest BCUT2D eigenvalue weighted by molar-refractivity contribution is -0.147. The van der Waals surface area contributed by atoms with Gasteiger partial charge in [0.05, 0.1) is 23.0 Å². The molecule has 2 atom stereocenters. The number of esters is 1. The highest BCUT2D eigenvalue weighted by Gasteiger charge is 2.40. The third-order valence-corrected chi connectivity index (χ3v) is 6.75. The molecule has 0 unspecified atom stereocenters. The Labute approximate surface area is 182 Å². The lowest BCUT2D eigenvalue weighted by atomic mass is 9.88. The minimum absolute atomic E-state index is 0.0222. The molecule has 31 heavy (non-hydrogen) atoms. The van der Waals surface area contributed by atoms with Crippen molar-refractivity contribution in [3.8, 4) is 0 Å². The highest BCUT2D eigenvalue weighted by molar-refractivity contribution is 7.94. The molecule has 164 valence electrons. The van der Waals surface area contributed by atoms with E-state index >= 15 is 0 Å². The molecule has 7 nitrogen and oxygen atoms in total. The molecule has 0 spiro atoms. The van der Waals surface area contributed by atoms with Crippen LogP contribution < -0.4 is 10.6 Å². The maximum atomic E-state index is 13.1. The van der Waals surface area contributed by atoms with Crippen LogP contribution in [0.3, 0.4) is 0 Å². The quantitative estimate of drug-likeness (QED) is 0.691. The normalized spacial score (nSPS) is 20.1. The van der Waals surface area contributed by atoms with Crippen molar-refractivity contribution in [2.75, 3.05) is 6.61 Å². The van der Waals surface area contributed by atoms with Crippen LogP contribution in [0.25, 0.3) is 0 Å². The number of urea groups is 1. The van der Waals surface area contributed by atoms with Crippen molar-refractivity contribution in [3.05, 3.63) is 75.8 Å². The predicted octanol–water partition coefficient (Wildman–Crippen LogP) is 3.46. The minimum atomic E-state index is -3.93. The van der Waals surface area contributed by atoms with Crippen LogP contribution in [0.4, 0.5) is 4.79 Å². The molecule has 2 amide bonds. The Morgan fingerprint density at radius 1 is 1.06 bits per heavy atom. The first-order valence-corrected chi connectivity index (χ1v) is 11.5. The summed E-state index contributed by atoms with van der Waals surface area (Å²) in [5.41, 5.74) is 3.46. The number of ether oxygens (including phenoxy) is 1. The van der Waals surface area contributed by atoms with Gasteiger partial charge in [-0.15, -0.1) is 0 Å². The molecule has 2 aromatic carbocycles. The standard InChI is InChI=1S/C23H26N2O5S/c1-5-30-22(26)20-19(13-31(28,29)18-11-8-15(3)16(4)12-18)24-23(27)25-21(20)17-9-6-14(2)7-10-17/h6-13,20-21H,5H2,1-4H3,(H2,24,25,27)/b19-13+/t20-,21-/m1/s1. The number of rotatable bonds is 5. The summed E-state index contributed by atoms with van der Waals surface area (Å²) in [7, 11) is -3.93. The molecule has 1 fully saturated rings. The van der Waals surface area contributed by atoms with E-state index in [9.17, 15) is 18.0 Å².